The van der Waals surface area contributed by atoms with Crippen LogP contribution in [-0.4, -0.2) is 36.6 Å². The first-order chi connectivity index (χ1) is 7.83. The summed E-state index contributed by atoms with van der Waals surface area (Å²) in [5.41, 5.74) is 3.39. The molecular weight excluding hydrogens is 200 g/mol. The quantitative estimate of drug-likeness (QED) is 0.810. The molecule has 1 saturated heterocycles. The predicted molar refractivity (Wildman–Crippen MR) is 65.7 cm³/mol. The molecule has 1 aromatic carbocycles. The van der Waals surface area contributed by atoms with Crippen LogP contribution in [0.25, 0.3) is 11.0 Å². The Kier molecular flexibility index (Phi) is 2.29. The first kappa shape index (κ1) is 9.66. The van der Waals surface area contributed by atoms with Gasteiger partial charge in [0.2, 0.25) is 0 Å². The molecule has 1 fully saturated rings. The zero-order chi connectivity index (χ0) is 11.0. The Morgan fingerprint density at radius 2 is 2.31 bits per heavy atom. The van der Waals surface area contributed by atoms with Crippen molar-refractivity contribution in [3.63, 3.8) is 0 Å². The van der Waals surface area contributed by atoms with Crippen molar-refractivity contribution in [2.24, 2.45) is 5.92 Å². The molecule has 1 aromatic heterocycles. The molecule has 2 aromatic rings. The molecule has 4 nitrogen and oxygen atoms in total. The third-order valence-corrected chi connectivity index (χ3v) is 3.24. The Morgan fingerprint density at radius 1 is 1.44 bits per heavy atom. The van der Waals surface area contributed by atoms with Crippen molar-refractivity contribution in [2.75, 3.05) is 31.6 Å². The predicted octanol–water partition coefficient (Wildman–Crippen LogP) is 1.22. The van der Waals surface area contributed by atoms with Gasteiger partial charge in [0.15, 0.2) is 0 Å². The van der Waals surface area contributed by atoms with Gasteiger partial charge in [-0.15, -0.1) is 0 Å². The van der Waals surface area contributed by atoms with E-state index in [2.05, 4.69) is 45.4 Å². The van der Waals surface area contributed by atoms with E-state index in [1.54, 1.807) is 6.33 Å². The van der Waals surface area contributed by atoms with Crippen LogP contribution in [0.2, 0.25) is 0 Å². The fourth-order valence-corrected chi connectivity index (χ4v) is 2.13. The summed E-state index contributed by atoms with van der Waals surface area (Å²) in [5.74, 6) is 0.794. The van der Waals surface area contributed by atoms with E-state index in [1.807, 2.05) is 0 Å². The number of fused-ring (bicyclic) bond motifs is 1. The smallest absolute Gasteiger partial charge is 0.0931 e. The molecule has 0 radical (unpaired) electrons. The number of aromatic nitrogens is 2. The zero-order valence-electron chi connectivity index (χ0n) is 9.40. The normalized spacial score (nSPS) is 16.3. The molecule has 0 spiro atoms. The highest BCUT2D eigenvalue weighted by Gasteiger charge is 2.18. The minimum atomic E-state index is 0.794. The maximum atomic E-state index is 4.22. The number of nitrogens with one attached hydrogen (secondary N) is 2. The summed E-state index contributed by atoms with van der Waals surface area (Å²) in [6.07, 6.45) is 1.74. The molecule has 4 heteroatoms. The lowest BCUT2D eigenvalue weighted by Gasteiger charge is -2.32. The zero-order valence-corrected chi connectivity index (χ0v) is 9.40. The second kappa shape index (κ2) is 3.79. The van der Waals surface area contributed by atoms with Crippen LogP contribution >= 0.6 is 0 Å². The van der Waals surface area contributed by atoms with E-state index in [4.69, 9.17) is 0 Å². The van der Waals surface area contributed by atoms with Gasteiger partial charge in [-0.3, -0.25) is 0 Å². The monoisotopic (exact) mass is 216 g/mol. The van der Waals surface area contributed by atoms with Gasteiger partial charge in [0.1, 0.15) is 0 Å². The fourth-order valence-electron chi connectivity index (χ4n) is 2.13. The highest BCUT2D eigenvalue weighted by molar-refractivity contribution is 5.78. The largest absolute Gasteiger partial charge is 0.374 e. The van der Waals surface area contributed by atoms with E-state index in [0.717, 1.165) is 36.6 Å². The molecule has 1 aliphatic rings. The molecule has 3 rings (SSSR count). The molecule has 0 unspecified atom stereocenters. The third kappa shape index (κ3) is 1.65. The van der Waals surface area contributed by atoms with Gasteiger partial charge >= 0.3 is 0 Å². The SMILES string of the molecule is CN(CC1CNC1)c1ccc2nc[nH]c2c1. The van der Waals surface area contributed by atoms with Crippen molar-refractivity contribution in [1.29, 1.82) is 0 Å². The third-order valence-electron chi connectivity index (χ3n) is 3.24. The summed E-state index contributed by atoms with van der Waals surface area (Å²) in [5, 5.41) is 3.30. The van der Waals surface area contributed by atoms with Crippen molar-refractivity contribution in [3.8, 4) is 0 Å². The minimum Gasteiger partial charge on any atom is -0.374 e. The number of imidazole rings is 1. The molecule has 2 N–H and O–H groups in total. The Hall–Kier alpha value is -1.55. The first-order valence-electron chi connectivity index (χ1n) is 5.68. The van der Waals surface area contributed by atoms with Gasteiger partial charge in [-0.2, -0.15) is 0 Å². The van der Waals surface area contributed by atoms with Crippen LogP contribution in [-0.2, 0) is 0 Å². The lowest BCUT2D eigenvalue weighted by molar-refractivity contribution is 0.353. The molecule has 0 amide bonds. The Bertz CT molecular complexity index is 486. The van der Waals surface area contributed by atoms with Crippen LogP contribution in [0.15, 0.2) is 24.5 Å². The molecule has 0 aliphatic carbocycles. The van der Waals surface area contributed by atoms with Crippen molar-refractivity contribution >= 4 is 16.7 Å². The molecule has 0 bridgehead atoms. The highest BCUT2D eigenvalue weighted by atomic mass is 15.1. The second-order valence-electron chi connectivity index (χ2n) is 4.51. The molecule has 1 aliphatic heterocycles. The Balaban J connectivity index is 1.80. The van der Waals surface area contributed by atoms with Crippen LogP contribution < -0.4 is 10.2 Å². The fraction of sp³-hybridized carbons (Fsp3) is 0.417. The summed E-state index contributed by atoms with van der Waals surface area (Å²) >= 11 is 0. The number of H-pyrrole nitrogens is 1. The van der Waals surface area contributed by atoms with Gasteiger partial charge in [0, 0.05) is 38.3 Å². The number of hydrogen-bond donors (Lipinski definition) is 2. The van der Waals surface area contributed by atoms with Gasteiger partial charge in [-0.1, -0.05) is 0 Å². The molecule has 2 heterocycles. The standard InChI is InChI=1S/C12H16N4/c1-16(7-9-5-13-6-9)10-2-3-11-12(4-10)15-8-14-11/h2-4,8-9,13H,5-7H2,1H3,(H,14,15). The molecule has 0 saturated carbocycles. The van der Waals surface area contributed by atoms with E-state index in [9.17, 15) is 0 Å². The van der Waals surface area contributed by atoms with E-state index < -0.39 is 0 Å². The molecular formula is C12H16N4. The Morgan fingerprint density at radius 3 is 3.06 bits per heavy atom. The maximum Gasteiger partial charge on any atom is 0.0931 e. The average Bonchev–Trinajstić information content (AvgIpc) is 2.69. The van der Waals surface area contributed by atoms with Crippen molar-refractivity contribution in [2.45, 2.75) is 0 Å². The molecule has 0 atom stereocenters. The highest BCUT2D eigenvalue weighted by Crippen LogP contribution is 2.20. The van der Waals surface area contributed by atoms with Crippen LogP contribution in [0.1, 0.15) is 0 Å². The topological polar surface area (TPSA) is 44.0 Å². The van der Waals surface area contributed by atoms with E-state index in [-0.39, 0.29) is 0 Å². The number of aromatic amines is 1. The maximum absolute atomic E-state index is 4.22. The van der Waals surface area contributed by atoms with Crippen LogP contribution in [0.5, 0.6) is 0 Å². The van der Waals surface area contributed by atoms with Gasteiger partial charge in [0.25, 0.3) is 0 Å². The summed E-state index contributed by atoms with van der Waals surface area (Å²) in [6, 6.07) is 6.36. The lowest BCUT2D eigenvalue weighted by atomic mass is 10.0. The lowest BCUT2D eigenvalue weighted by Crippen LogP contribution is -2.47. The van der Waals surface area contributed by atoms with Crippen molar-refractivity contribution in [3.05, 3.63) is 24.5 Å². The van der Waals surface area contributed by atoms with Gasteiger partial charge in [-0.05, 0) is 18.2 Å². The molecule has 16 heavy (non-hydrogen) atoms. The van der Waals surface area contributed by atoms with Gasteiger partial charge in [0.05, 0.1) is 17.4 Å². The van der Waals surface area contributed by atoms with E-state index >= 15 is 0 Å². The number of hydrogen-bond acceptors (Lipinski definition) is 3. The molecule has 84 valence electrons. The summed E-state index contributed by atoms with van der Waals surface area (Å²) in [6.45, 7) is 3.42. The summed E-state index contributed by atoms with van der Waals surface area (Å²) < 4.78 is 0. The minimum absolute atomic E-state index is 0.794. The average molecular weight is 216 g/mol. The van der Waals surface area contributed by atoms with Crippen molar-refractivity contribution in [1.82, 2.24) is 15.3 Å². The summed E-state index contributed by atoms with van der Waals surface area (Å²) in [4.78, 5) is 9.68. The van der Waals surface area contributed by atoms with Crippen molar-refractivity contribution < 1.29 is 0 Å². The van der Waals surface area contributed by atoms with Gasteiger partial charge < -0.3 is 15.2 Å². The number of anilines is 1. The van der Waals surface area contributed by atoms with Gasteiger partial charge in [-0.25, -0.2) is 4.98 Å². The van der Waals surface area contributed by atoms with Crippen LogP contribution in [0.4, 0.5) is 5.69 Å². The van der Waals surface area contributed by atoms with E-state index in [0.29, 0.717) is 0 Å². The number of benzene rings is 1. The van der Waals surface area contributed by atoms with Crippen LogP contribution in [0, 0.1) is 5.92 Å². The number of nitrogens with zero attached hydrogens (tertiary/aromatic N) is 2. The van der Waals surface area contributed by atoms with Crippen LogP contribution in [0.3, 0.4) is 0 Å². The first-order valence-corrected chi connectivity index (χ1v) is 5.68. The second-order valence-corrected chi connectivity index (χ2v) is 4.51. The Labute approximate surface area is 94.7 Å². The summed E-state index contributed by atoms with van der Waals surface area (Å²) in [7, 11) is 2.15. The van der Waals surface area contributed by atoms with E-state index in [1.165, 1.54) is 5.69 Å². The number of rotatable bonds is 3.